The van der Waals surface area contributed by atoms with Gasteiger partial charge in [-0.05, 0) is 61.2 Å². The van der Waals surface area contributed by atoms with Crippen molar-refractivity contribution < 1.29 is 0 Å². The van der Waals surface area contributed by atoms with Gasteiger partial charge >= 0.3 is 0 Å². The molecular weight excluding hydrogens is 424 g/mol. The molecule has 1 aliphatic heterocycles. The molecule has 5 rings (SSSR count). The third-order valence-corrected chi connectivity index (χ3v) is 6.94. The number of pyridine rings is 2. The van der Waals surface area contributed by atoms with Gasteiger partial charge < -0.3 is 14.9 Å². The third-order valence-electron chi connectivity index (χ3n) is 6.94. The Balaban J connectivity index is 1.32. The fraction of sp³-hybridized carbons (Fsp3) is 0.333. The van der Waals surface area contributed by atoms with Gasteiger partial charge in [0.1, 0.15) is 11.6 Å². The van der Waals surface area contributed by atoms with Crippen LogP contribution in [-0.4, -0.2) is 39.7 Å². The Kier molecular flexibility index (Phi) is 5.55. The molecule has 174 valence electrons. The van der Waals surface area contributed by atoms with E-state index in [-0.39, 0.29) is 11.0 Å². The fourth-order valence-corrected chi connectivity index (χ4v) is 5.13. The average Bonchev–Trinajstić information content (AvgIpc) is 3.36. The number of aromatic nitrogens is 4. The summed E-state index contributed by atoms with van der Waals surface area (Å²) >= 11 is 0. The van der Waals surface area contributed by atoms with Gasteiger partial charge in [-0.3, -0.25) is 9.79 Å². The highest BCUT2D eigenvalue weighted by molar-refractivity contribution is 5.75. The Morgan fingerprint density at radius 2 is 1.97 bits per heavy atom. The Labute approximate surface area is 199 Å². The molecule has 0 saturated carbocycles. The Morgan fingerprint density at radius 3 is 2.65 bits per heavy atom. The second-order valence-electron chi connectivity index (χ2n) is 9.65. The second kappa shape index (κ2) is 8.56. The lowest BCUT2D eigenvalue weighted by Crippen LogP contribution is -2.40. The minimum Gasteiger partial charge on any atom is -0.357 e. The van der Waals surface area contributed by atoms with E-state index in [4.69, 9.17) is 4.98 Å². The quantitative estimate of drug-likeness (QED) is 0.529. The SMILES string of the molecule is C=NC1=C(/C=C\C(C)C)C(=C)CC12CCN(c1ccc(-c3nc4[nH]c(=O)ccc4[nH]3)cn1)CC2. The number of aliphatic imine (C=N–C) groups is 1. The molecule has 0 amide bonds. The van der Waals surface area contributed by atoms with Crippen LogP contribution in [0.15, 0.2) is 75.8 Å². The lowest BCUT2D eigenvalue weighted by Gasteiger charge is -2.40. The van der Waals surface area contributed by atoms with Gasteiger partial charge in [0.05, 0.1) is 11.2 Å². The molecule has 1 aliphatic carbocycles. The van der Waals surface area contributed by atoms with E-state index in [9.17, 15) is 4.79 Å². The number of anilines is 1. The molecule has 3 aromatic rings. The first-order valence-corrected chi connectivity index (χ1v) is 11.8. The molecule has 0 aromatic carbocycles. The van der Waals surface area contributed by atoms with Crippen molar-refractivity contribution in [3.05, 3.63) is 76.4 Å². The van der Waals surface area contributed by atoms with Crippen LogP contribution in [0.3, 0.4) is 0 Å². The zero-order valence-electron chi connectivity index (χ0n) is 19.8. The van der Waals surface area contributed by atoms with Gasteiger partial charge in [-0.25, -0.2) is 9.97 Å². The van der Waals surface area contributed by atoms with Gasteiger partial charge in [0.15, 0.2) is 5.65 Å². The van der Waals surface area contributed by atoms with Crippen LogP contribution in [0.2, 0.25) is 0 Å². The normalized spacial score (nSPS) is 18.2. The van der Waals surface area contributed by atoms with Crippen molar-refractivity contribution in [1.82, 2.24) is 19.9 Å². The highest BCUT2D eigenvalue weighted by atomic mass is 16.1. The van der Waals surface area contributed by atoms with Crippen molar-refractivity contribution >= 4 is 23.7 Å². The molecule has 0 atom stereocenters. The molecule has 7 nitrogen and oxygen atoms in total. The van der Waals surface area contributed by atoms with Crippen LogP contribution in [0.25, 0.3) is 22.6 Å². The van der Waals surface area contributed by atoms with E-state index in [1.165, 1.54) is 17.2 Å². The molecule has 4 heterocycles. The van der Waals surface area contributed by atoms with Crippen molar-refractivity contribution in [2.24, 2.45) is 16.3 Å². The van der Waals surface area contributed by atoms with E-state index in [2.05, 4.69) is 64.1 Å². The van der Waals surface area contributed by atoms with E-state index in [0.717, 1.165) is 54.9 Å². The topological polar surface area (TPSA) is 90.0 Å². The van der Waals surface area contributed by atoms with Crippen molar-refractivity contribution in [3.63, 3.8) is 0 Å². The van der Waals surface area contributed by atoms with Crippen LogP contribution in [0, 0.1) is 11.3 Å². The number of rotatable bonds is 5. The molecule has 0 unspecified atom stereocenters. The molecule has 1 fully saturated rings. The fourth-order valence-electron chi connectivity index (χ4n) is 5.13. The van der Waals surface area contributed by atoms with Crippen molar-refractivity contribution in [3.8, 4) is 11.4 Å². The molecule has 7 heteroatoms. The maximum atomic E-state index is 11.5. The number of allylic oxidation sites excluding steroid dienone is 5. The summed E-state index contributed by atoms with van der Waals surface area (Å²) in [5, 5.41) is 0. The zero-order chi connectivity index (χ0) is 23.9. The van der Waals surface area contributed by atoms with Gasteiger partial charge in [-0.2, -0.15) is 0 Å². The van der Waals surface area contributed by atoms with Gasteiger partial charge in [0.2, 0.25) is 5.56 Å². The van der Waals surface area contributed by atoms with Gasteiger partial charge in [0.25, 0.3) is 0 Å². The number of hydrogen-bond acceptors (Lipinski definition) is 5. The smallest absolute Gasteiger partial charge is 0.249 e. The van der Waals surface area contributed by atoms with Crippen LogP contribution in [0.4, 0.5) is 5.82 Å². The van der Waals surface area contributed by atoms with Crippen LogP contribution >= 0.6 is 0 Å². The summed E-state index contributed by atoms with van der Waals surface area (Å²) in [5.74, 6) is 2.13. The standard InChI is InChI=1S/C27H30N6O/c1-17(2)5-7-20-18(3)15-27(24(20)28-4)11-13-33(14-12-27)22-9-6-19(16-29-22)25-30-21-8-10-23(34)31-26(21)32-25/h5-10,16-17H,3-4,11-15H2,1-2H3,(H2,30,31,32,34)/b7-5-. The predicted molar refractivity (Wildman–Crippen MR) is 138 cm³/mol. The molecule has 2 N–H and O–H groups in total. The number of hydrogen-bond donors (Lipinski definition) is 2. The Bertz CT molecular complexity index is 1360. The van der Waals surface area contributed by atoms with Gasteiger partial charge in [-0.15, -0.1) is 0 Å². The zero-order valence-corrected chi connectivity index (χ0v) is 19.8. The largest absolute Gasteiger partial charge is 0.357 e. The van der Waals surface area contributed by atoms with Gasteiger partial charge in [-0.1, -0.05) is 32.6 Å². The summed E-state index contributed by atoms with van der Waals surface area (Å²) in [6.45, 7) is 14.4. The third kappa shape index (κ3) is 3.91. The molecule has 3 aromatic heterocycles. The highest BCUT2D eigenvalue weighted by Gasteiger charge is 2.44. The highest BCUT2D eigenvalue weighted by Crippen LogP contribution is 2.53. The Morgan fingerprint density at radius 1 is 1.18 bits per heavy atom. The van der Waals surface area contributed by atoms with E-state index >= 15 is 0 Å². The first-order valence-electron chi connectivity index (χ1n) is 11.8. The molecule has 2 aliphatic rings. The van der Waals surface area contributed by atoms with Crippen molar-refractivity contribution in [2.75, 3.05) is 18.0 Å². The molecule has 0 bridgehead atoms. The van der Waals surface area contributed by atoms with Crippen molar-refractivity contribution in [2.45, 2.75) is 33.1 Å². The lowest BCUT2D eigenvalue weighted by atomic mass is 9.75. The number of aromatic amines is 2. The van der Waals surface area contributed by atoms with Crippen LogP contribution < -0.4 is 10.5 Å². The molecule has 34 heavy (non-hydrogen) atoms. The van der Waals surface area contributed by atoms with Crippen LogP contribution in [0.1, 0.15) is 33.1 Å². The van der Waals surface area contributed by atoms with E-state index in [1.54, 1.807) is 6.07 Å². The summed E-state index contributed by atoms with van der Waals surface area (Å²) in [6, 6.07) is 7.28. The van der Waals surface area contributed by atoms with Crippen LogP contribution in [-0.2, 0) is 0 Å². The summed E-state index contributed by atoms with van der Waals surface area (Å²) < 4.78 is 0. The first kappa shape index (κ1) is 22.1. The molecule has 1 saturated heterocycles. The number of imidazole rings is 1. The number of nitrogens with one attached hydrogen (secondary N) is 2. The molecule has 1 spiro atoms. The second-order valence-corrected chi connectivity index (χ2v) is 9.65. The monoisotopic (exact) mass is 454 g/mol. The average molecular weight is 455 g/mol. The summed E-state index contributed by atoms with van der Waals surface area (Å²) in [7, 11) is 0. The number of fused-ring (bicyclic) bond motifs is 1. The molecular formula is C27H30N6O. The van der Waals surface area contributed by atoms with E-state index < -0.39 is 0 Å². The first-order chi connectivity index (χ1) is 16.4. The number of nitrogens with zero attached hydrogens (tertiary/aromatic N) is 4. The summed E-state index contributed by atoms with van der Waals surface area (Å²) in [5.41, 5.74) is 5.53. The minimum atomic E-state index is -0.166. The Hall–Kier alpha value is -3.74. The minimum absolute atomic E-state index is 0.0249. The summed E-state index contributed by atoms with van der Waals surface area (Å²) in [4.78, 5) is 33.5. The number of piperidine rings is 1. The maximum Gasteiger partial charge on any atom is 0.249 e. The van der Waals surface area contributed by atoms with Crippen LogP contribution in [0.5, 0.6) is 0 Å². The van der Waals surface area contributed by atoms with Gasteiger partial charge in [0, 0.05) is 36.3 Å². The van der Waals surface area contributed by atoms with E-state index in [0.29, 0.717) is 17.4 Å². The predicted octanol–water partition coefficient (Wildman–Crippen LogP) is 5.03. The van der Waals surface area contributed by atoms with E-state index in [1.807, 2.05) is 18.3 Å². The van der Waals surface area contributed by atoms with Crippen molar-refractivity contribution in [1.29, 1.82) is 0 Å². The molecule has 0 radical (unpaired) electrons. The summed E-state index contributed by atoms with van der Waals surface area (Å²) in [6.07, 6.45) is 9.18. The number of H-pyrrole nitrogens is 2. The lowest BCUT2D eigenvalue weighted by molar-refractivity contribution is 0.281. The maximum absolute atomic E-state index is 11.5.